The quantitative estimate of drug-likeness (QED) is 0.238. The molecule has 9 heteroatoms. The zero-order valence-electron chi connectivity index (χ0n) is 21.8. The minimum Gasteiger partial charge on any atom is -0.369 e. The van der Waals surface area contributed by atoms with Gasteiger partial charge in [-0.2, -0.15) is 0 Å². The summed E-state index contributed by atoms with van der Waals surface area (Å²) in [6, 6.07) is 0. The average molecular weight is 491 g/mol. The number of ketones is 1. The van der Waals surface area contributed by atoms with Crippen LogP contribution in [0.15, 0.2) is 0 Å². The Bertz CT molecular complexity index is 561. The zero-order valence-corrected chi connectivity index (χ0v) is 21.8. The molecular weight excluding hydrogens is 444 g/mol. The summed E-state index contributed by atoms with van der Waals surface area (Å²) in [5, 5.41) is 0. The topological polar surface area (TPSA) is 90.9 Å². The molecule has 0 saturated carbocycles. The molecule has 0 bridgehead atoms. The first kappa shape index (κ1) is 29.6. The number of hydrogen-bond acceptors (Lipinski definition) is 9. The lowest BCUT2D eigenvalue weighted by atomic mass is 9.90. The molecule has 2 rings (SSSR count). The fraction of sp³-hybridized carbons (Fsp3) is 0.960. The maximum absolute atomic E-state index is 12.8. The monoisotopic (exact) mass is 490 g/mol. The predicted molar refractivity (Wildman–Crippen MR) is 125 cm³/mol. The van der Waals surface area contributed by atoms with Gasteiger partial charge in [0.1, 0.15) is 19.7 Å². The number of ether oxygens (including phenoxy) is 8. The Labute approximate surface area is 205 Å². The van der Waals surface area contributed by atoms with Crippen molar-refractivity contribution in [3.05, 3.63) is 0 Å². The van der Waals surface area contributed by atoms with Crippen molar-refractivity contribution < 1.29 is 42.7 Å². The lowest BCUT2D eigenvalue weighted by Crippen LogP contribution is -2.44. The molecule has 0 aromatic heterocycles. The number of Topliss-reactive ketones (excluding diaryl/α,β-unsaturated/α-hetero) is 1. The molecule has 2 heterocycles. The third-order valence-electron chi connectivity index (χ3n) is 6.56. The number of methoxy groups -OCH3 is 2. The van der Waals surface area contributed by atoms with E-state index >= 15 is 0 Å². The predicted octanol–water partition coefficient (Wildman–Crippen LogP) is 3.61. The van der Waals surface area contributed by atoms with E-state index in [1.807, 2.05) is 13.8 Å². The summed E-state index contributed by atoms with van der Waals surface area (Å²) in [5.74, 6) is 0.150. The van der Waals surface area contributed by atoms with Crippen molar-refractivity contribution in [2.45, 2.75) is 108 Å². The van der Waals surface area contributed by atoms with Gasteiger partial charge in [0, 0.05) is 40.5 Å². The third kappa shape index (κ3) is 9.78. The Balaban J connectivity index is 1.96. The summed E-state index contributed by atoms with van der Waals surface area (Å²) in [7, 11) is 3.23. The van der Waals surface area contributed by atoms with E-state index in [1.165, 1.54) is 0 Å². The zero-order chi connectivity index (χ0) is 24.8. The molecule has 9 nitrogen and oxygen atoms in total. The SMILES string of the molecule is CCOC(C)OCCC[C@@H]1O[C@@H]2CC[C@](C)(OCOC)[C@@H](CCCOCOC)O[C@H]2CCC1=O. The molecule has 0 radical (unpaired) electrons. The van der Waals surface area contributed by atoms with Crippen LogP contribution in [0, 0.1) is 0 Å². The Morgan fingerprint density at radius 3 is 2.47 bits per heavy atom. The molecule has 200 valence electrons. The van der Waals surface area contributed by atoms with Crippen LogP contribution < -0.4 is 0 Å². The van der Waals surface area contributed by atoms with Crippen LogP contribution in [0.1, 0.15) is 72.1 Å². The van der Waals surface area contributed by atoms with Gasteiger partial charge in [0.05, 0.1) is 23.9 Å². The second kappa shape index (κ2) is 16.2. The van der Waals surface area contributed by atoms with E-state index < -0.39 is 11.7 Å². The van der Waals surface area contributed by atoms with Crippen molar-refractivity contribution in [3.8, 4) is 0 Å². The Kier molecular flexibility index (Phi) is 14.1. The normalized spacial score (nSPS) is 31.0. The van der Waals surface area contributed by atoms with Crippen LogP contribution in [-0.2, 0) is 42.7 Å². The summed E-state index contributed by atoms with van der Waals surface area (Å²) < 4.78 is 45.8. The van der Waals surface area contributed by atoms with E-state index in [-0.39, 0.29) is 44.0 Å². The fourth-order valence-corrected chi connectivity index (χ4v) is 4.64. The number of fused-ring (bicyclic) bond motifs is 1. The Hall–Kier alpha value is -0.650. The molecule has 0 amide bonds. The molecular formula is C25H46O9. The van der Waals surface area contributed by atoms with E-state index in [4.69, 9.17) is 37.9 Å². The highest BCUT2D eigenvalue weighted by atomic mass is 16.7. The molecule has 2 aliphatic rings. The van der Waals surface area contributed by atoms with Gasteiger partial charge in [-0.25, -0.2) is 0 Å². The highest BCUT2D eigenvalue weighted by Crippen LogP contribution is 2.37. The molecule has 2 aliphatic heterocycles. The highest BCUT2D eigenvalue weighted by molar-refractivity contribution is 5.83. The lowest BCUT2D eigenvalue weighted by Gasteiger charge is -2.36. The maximum Gasteiger partial charge on any atom is 0.161 e. The van der Waals surface area contributed by atoms with Gasteiger partial charge in [0.25, 0.3) is 0 Å². The van der Waals surface area contributed by atoms with Crippen LogP contribution >= 0.6 is 0 Å². The summed E-state index contributed by atoms with van der Waals surface area (Å²) in [4.78, 5) is 12.8. The van der Waals surface area contributed by atoms with Crippen LogP contribution in [0.4, 0.5) is 0 Å². The number of carbonyl (C=O) groups is 1. The van der Waals surface area contributed by atoms with E-state index in [1.54, 1.807) is 14.2 Å². The van der Waals surface area contributed by atoms with E-state index in [2.05, 4.69) is 6.92 Å². The van der Waals surface area contributed by atoms with Gasteiger partial charge in [0.15, 0.2) is 12.1 Å². The van der Waals surface area contributed by atoms with E-state index in [0.29, 0.717) is 39.1 Å². The molecule has 6 atom stereocenters. The molecule has 1 unspecified atom stereocenters. The van der Waals surface area contributed by atoms with Gasteiger partial charge in [-0.3, -0.25) is 4.79 Å². The van der Waals surface area contributed by atoms with Gasteiger partial charge in [-0.05, 0) is 65.7 Å². The summed E-state index contributed by atoms with van der Waals surface area (Å²) >= 11 is 0. The Morgan fingerprint density at radius 2 is 1.74 bits per heavy atom. The number of rotatable bonds is 16. The van der Waals surface area contributed by atoms with Crippen LogP contribution in [0.3, 0.4) is 0 Å². The first-order valence-electron chi connectivity index (χ1n) is 12.7. The molecule has 2 fully saturated rings. The Morgan fingerprint density at radius 1 is 1.00 bits per heavy atom. The van der Waals surface area contributed by atoms with Crippen molar-refractivity contribution in [2.75, 3.05) is 47.6 Å². The molecule has 0 aromatic rings. The van der Waals surface area contributed by atoms with Crippen molar-refractivity contribution >= 4 is 5.78 Å². The minimum atomic E-state index is -0.504. The molecule has 34 heavy (non-hydrogen) atoms. The van der Waals surface area contributed by atoms with Crippen LogP contribution in [-0.4, -0.2) is 89.7 Å². The fourth-order valence-electron chi connectivity index (χ4n) is 4.64. The summed E-state index contributed by atoms with van der Waals surface area (Å²) in [6.45, 7) is 8.12. The smallest absolute Gasteiger partial charge is 0.161 e. The molecule has 0 aromatic carbocycles. The van der Waals surface area contributed by atoms with Crippen LogP contribution in [0.5, 0.6) is 0 Å². The third-order valence-corrected chi connectivity index (χ3v) is 6.56. The van der Waals surface area contributed by atoms with Crippen molar-refractivity contribution in [3.63, 3.8) is 0 Å². The van der Waals surface area contributed by atoms with Crippen molar-refractivity contribution in [2.24, 2.45) is 0 Å². The minimum absolute atomic E-state index is 0.138. The second-order valence-corrected chi connectivity index (χ2v) is 9.23. The van der Waals surface area contributed by atoms with Crippen molar-refractivity contribution in [1.82, 2.24) is 0 Å². The first-order chi connectivity index (χ1) is 16.4. The second-order valence-electron chi connectivity index (χ2n) is 9.23. The van der Waals surface area contributed by atoms with Gasteiger partial charge >= 0.3 is 0 Å². The summed E-state index contributed by atoms with van der Waals surface area (Å²) in [5.41, 5.74) is -0.504. The first-order valence-corrected chi connectivity index (χ1v) is 12.7. The average Bonchev–Trinajstić information content (AvgIpc) is 3.04. The van der Waals surface area contributed by atoms with Gasteiger partial charge in [-0.15, -0.1) is 0 Å². The number of hydrogen-bond donors (Lipinski definition) is 0. The molecule has 0 aliphatic carbocycles. The molecule has 2 saturated heterocycles. The van der Waals surface area contributed by atoms with Crippen LogP contribution in [0.25, 0.3) is 0 Å². The van der Waals surface area contributed by atoms with Crippen LogP contribution in [0.2, 0.25) is 0 Å². The lowest BCUT2D eigenvalue weighted by molar-refractivity contribution is -0.195. The van der Waals surface area contributed by atoms with Gasteiger partial charge < -0.3 is 37.9 Å². The standard InChI is InChI=1S/C25H46O9/c1-6-30-19(2)31-16-7-9-21-20(26)11-12-22-23(33-21)13-14-25(3,32-18-28-5)24(34-22)10-8-15-29-17-27-4/h19,21-24H,6-18H2,1-5H3/t19?,21-,22-,23+,24+,25-/m0/s1. The molecule has 0 spiro atoms. The molecule has 0 N–H and O–H groups in total. The summed E-state index contributed by atoms with van der Waals surface area (Å²) in [6.07, 6.45) is 4.54. The van der Waals surface area contributed by atoms with Gasteiger partial charge in [0.2, 0.25) is 0 Å². The van der Waals surface area contributed by atoms with E-state index in [9.17, 15) is 4.79 Å². The number of carbonyl (C=O) groups excluding carboxylic acids is 1. The largest absolute Gasteiger partial charge is 0.369 e. The maximum atomic E-state index is 12.8. The highest BCUT2D eigenvalue weighted by Gasteiger charge is 2.45. The van der Waals surface area contributed by atoms with E-state index in [0.717, 1.165) is 32.1 Å². The van der Waals surface area contributed by atoms with Crippen molar-refractivity contribution in [1.29, 1.82) is 0 Å². The van der Waals surface area contributed by atoms with Gasteiger partial charge in [-0.1, -0.05) is 0 Å².